The summed E-state index contributed by atoms with van der Waals surface area (Å²) in [5.74, 6) is 0.676. The van der Waals surface area contributed by atoms with E-state index >= 15 is 0 Å². The first-order valence-electron chi connectivity index (χ1n) is 11.3. The number of cyclic esters (lactones) is 4. The maximum atomic E-state index is 11.7. The normalized spacial score (nSPS) is 17.3. The molecule has 2 saturated heterocycles. The van der Waals surface area contributed by atoms with Crippen molar-refractivity contribution in [2.24, 2.45) is 0 Å². The van der Waals surface area contributed by atoms with Crippen molar-refractivity contribution in [3.63, 3.8) is 0 Å². The maximum absolute atomic E-state index is 11.7. The van der Waals surface area contributed by atoms with E-state index in [0.29, 0.717) is 24.6 Å². The summed E-state index contributed by atoms with van der Waals surface area (Å²) in [6.45, 7) is 2.46. The molecular weight excluding hydrogens is 452 g/mol. The minimum absolute atomic E-state index is 0.0773. The molecule has 0 saturated carbocycles. The fourth-order valence-electron chi connectivity index (χ4n) is 2.83. The van der Waals surface area contributed by atoms with Gasteiger partial charge in [-0.2, -0.15) is 0 Å². The van der Waals surface area contributed by atoms with Crippen molar-refractivity contribution in [3.05, 3.63) is 23.7 Å². The third-order valence-corrected chi connectivity index (χ3v) is 4.65. The number of nitrogens with one attached hydrogen (secondary N) is 2. The first kappa shape index (κ1) is 27.1. The molecule has 2 fully saturated rings. The van der Waals surface area contributed by atoms with Gasteiger partial charge >= 0.3 is 12.3 Å². The third kappa shape index (κ3) is 12.8. The Morgan fingerprint density at radius 1 is 0.735 bits per heavy atom. The highest BCUT2D eigenvalue weighted by Crippen LogP contribution is 2.10. The summed E-state index contributed by atoms with van der Waals surface area (Å²) < 4.78 is 29.3. The van der Waals surface area contributed by atoms with Crippen LogP contribution in [0.4, 0.5) is 9.59 Å². The topological polar surface area (TPSA) is 148 Å². The summed E-state index contributed by atoms with van der Waals surface area (Å²) in [5, 5.41) is 5.68. The standard InChI is InChI=1S/C22H32N2O10/c25-19(7-13-29-11-5-17-15-31-21(27)33-17)23-9-3-1-2-4-10-24-20(26)8-14-30-12-6-18-16-32-22(28)34-18/h5-6H,1-4,7-16H2,(H,23,25)(H,24,26). The third-order valence-electron chi connectivity index (χ3n) is 4.65. The lowest BCUT2D eigenvalue weighted by atomic mass is 10.2. The quantitative estimate of drug-likeness (QED) is 0.231. The Bertz CT molecular complexity index is 688. The molecule has 12 heteroatoms. The van der Waals surface area contributed by atoms with Gasteiger partial charge in [-0.05, 0) is 25.0 Å². The van der Waals surface area contributed by atoms with Crippen molar-refractivity contribution < 1.29 is 47.6 Å². The van der Waals surface area contributed by atoms with E-state index in [2.05, 4.69) is 20.1 Å². The predicted molar refractivity (Wildman–Crippen MR) is 116 cm³/mol. The summed E-state index contributed by atoms with van der Waals surface area (Å²) in [4.78, 5) is 45.0. The Morgan fingerprint density at radius 3 is 1.56 bits per heavy atom. The molecule has 0 atom stereocenters. The lowest BCUT2D eigenvalue weighted by Gasteiger charge is -2.07. The van der Waals surface area contributed by atoms with Crippen molar-refractivity contribution in [2.45, 2.75) is 38.5 Å². The Hall–Kier alpha value is -3.12. The molecule has 0 aromatic heterocycles. The number of ether oxygens (including phenoxy) is 6. The summed E-state index contributed by atoms with van der Waals surface area (Å²) in [6.07, 6.45) is 5.92. The van der Waals surface area contributed by atoms with Crippen LogP contribution in [-0.2, 0) is 38.0 Å². The van der Waals surface area contributed by atoms with E-state index < -0.39 is 12.3 Å². The Morgan fingerprint density at radius 2 is 1.18 bits per heavy atom. The fourth-order valence-corrected chi connectivity index (χ4v) is 2.83. The van der Waals surface area contributed by atoms with Gasteiger partial charge in [-0.1, -0.05) is 12.8 Å². The van der Waals surface area contributed by atoms with Crippen LogP contribution in [-0.4, -0.2) is 76.9 Å². The molecule has 2 aliphatic heterocycles. The highest BCUT2D eigenvalue weighted by Gasteiger charge is 2.18. The van der Waals surface area contributed by atoms with Crippen LogP contribution in [0, 0.1) is 0 Å². The molecular formula is C22H32N2O10. The van der Waals surface area contributed by atoms with Gasteiger partial charge < -0.3 is 39.1 Å². The summed E-state index contributed by atoms with van der Waals surface area (Å²) in [6, 6.07) is 0. The number of rotatable bonds is 17. The van der Waals surface area contributed by atoms with Gasteiger partial charge in [-0.25, -0.2) is 9.59 Å². The predicted octanol–water partition coefficient (Wildman–Crippen LogP) is 1.69. The molecule has 0 aromatic rings. The molecule has 0 radical (unpaired) electrons. The van der Waals surface area contributed by atoms with Gasteiger partial charge in [0.2, 0.25) is 11.8 Å². The highest BCUT2D eigenvalue weighted by atomic mass is 16.8. The molecule has 12 nitrogen and oxygen atoms in total. The Kier molecular flexibility index (Phi) is 13.2. The molecule has 2 rings (SSSR count). The maximum Gasteiger partial charge on any atom is 0.514 e. The van der Waals surface area contributed by atoms with E-state index in [4.69, 9.17) is 18.9 Å². The van der Waals surface area contributed by atoms with Crippen LogP contribution in [0.1, 0.15) is 38.5 Å². The molecule has 0 bridgehead atoms. The summed E-state index contributed by atoms with van der Waals surface area (Å²) in [5.41, 5.74) is 0. The molecule has 190 valence electrons. The van der Waals surface area contributed by atoms with E-state index in [1.54, 1.807) is 12.2 Å². The average Bonchev–Trinajstić information content (AvgIpc) is 3.42. The lowest BCUT2D eigenvalue weighted by molar-refractivity contribution is -0.123. The van der Waals surface area contributed by atoms with Crippen molar-refractivity contribution in [1.82, 2.24) is 10.6 Å². The zero-order valence-electron chi connectivity index (χ0n) is 19.1. The van der Waals surface area contributed by atoms with Gasteiger partial charge in [-0.3, -0.25) is 9.59 Å². The van der Waals surface area contributed by atoms with Crippen LogP contribution < -0.4 is 10.6 Å². The molecule has 0 aromatic carbocycles. The van der Waals surface area contributed by atoms with E-state index in [1.807, 2.05) is 0 Å². The smallest absolute Gasteiger partial charge is 0.426 e. The van der Waals surface area contributed by atoms with Crippen LogP contribution >= 0.6 is 0 Å². The van der Waals surface area contributed by atoms with Crippen LogP contribution in [0.3, 0.4) is 0 Å². The molecule has 2 heterocycles. The second-order valence-electron chi connectivity index (χ2n) is 7.39. The second-order valence-corrected chi connectivity index (χ2v) is 7.39. The van der Waals surface area contributed by atoms with E-state index in [9.17, 15) is 19.2 Å². The number of hydrogen-bond acceptors (Lipinski definition) is 10. The average molecular weight is 485 g/mol. The Balaban J connectivity index is 1.31. The molecule has 0 spiro atoms. The monoisotopic (exact) mass is 484 g/mol. The van der Waals surface area contributed by atoms with Gasteiger partial charge in [0.05, 0.1) is 26.4 Å². The second kappa shape index (κ2) is 16.5. The van der Waals surface area contributed by atoms with Crippen LogP contribution in [0.5, 0.6) is 0 Å². The van der Waals surface area contributed by atoms with E-state index in [-0.39, 0.29) is 64.3 Å². The van der Waals surface area contributed by atoms with Crippen LogP contribution in [0.2, 0.25) is 0 Å². The van der Waals surface area contributed by atoms with Crippen molar-refractivity contribution in [1.29, 1.82) is 0 Å². The summed E-state index contributed by atoms with van der Waals surface area (Å²) in [7, 11) is 0. The number of unbranched alkanes of at least 4 members (excludes halogenated alkanes) is 3. The van der Waals surface area contributed by atoms with Crippen LogP contribution in [0.25, 0.3) is 0 Å². The minimum atomic E-state index is -0.714. The number of carbonyl (C=O) groups excluding carboxylic acids is 4. The highest BCUT2D eigenvalue weighted by molar-refractivity contribution is 5.76. The molecule has 0 unspecified atom stereocenters. The summed E-state index contributed by atoms with van der Waals surface area (Å²) >= 11 is 0. The first-order chi connectivity index (χ1) is 16.5. The number of hydrogen-bond donors (Lipinski definition) is 2. The first-order valence-corrected chi connectivity index (χ1v) is 11.3. The lowest BCUT2D eigenvalue weighted by Crippen LogP contribution is -2.26. The zero-order valence-corrected chi connectivity index (χ0v) is 19.1. The van der Waals surface area contributed by atoms with Gasteiger partial charge in [-0.15, -0.1) is 0 Å². The molecule has 0 aliphatic carbocycles. The minimum Gasteiger partial charge on any atom is -0.426 e. The molecule has 34 heavy (non-hydrogen) atoms. The largest absolute Gasteiger partial charge is 0.514 e. The van der Waals surface area contributed by atoms with Gasteiger partial charge in [0.15, 0.2) is 13.2 Å². The zero-order chi connectivity index (χ0) is 24.4. The molecule has 2 N–H and O–H groups in total. The van der Waals surface area contributed by atoms with Crippen LogP contribution in [0.15, 0.2) is 23.7 Å². The van der Waals surface area contributed by atoms with E-state index in [1.165, 1.54) is 0 Å². The SMILES string of the molecule is O=C(CCOCC=C1COC(=O)O1)NCCCCCCNC(=O)CCOCC=C1COC(=O)O1. The van der Waals surface area contributed by atoms with Crippen molar-refractivity contribution in [3.8, 4) is 0 Å². The van der Waals surface area contributed by atoms with Crippen molar-refractivity contribution in [2.75, 3.05) is 52.7 Å². The van der Waals surface area contributed by atoms with Gasteiger partial charge in [0, 0.05) is 25.9 Å². The Labute approximate surface area is 197 Å². The number of amides is 2. The van der Waals surface area contributed by atoms with E-state index in [0.717, 1.165) is 25.7 Å². The molecule has 2 aliphatic rings. The molecule has 2 amide bonds. The number of carbonyl (C=O) groups is 4. The van der Waals surface area contributed by atoms with Gasteiger partial charge in [0.25, 0.3) is 0 Å². The van der Waals surface area contributed by atoms with Crippen molar-refractivity contribution >= 4 is 24.1 Å². The van der Waals surface area contributed by atoms with Gasteiger partial charge in [0.1, 0.15) is 11.5 Å². The fraction of sp³-hybridized carbons (Fsp3) is 0.636.